The van der Waals surface area contributed by atoms with Gasteiger partial charge in [-0.05, 0) is 42.4 Å². The van der Waals surface area contributed by atoms with Crippen molar-refractivity contribution in [3.8, 4) is 6.07 Å². The van der Waals surface area contributed by atoms with E-state index < -0.39 is 5.92 Å². The molecule has 0 aromatic carbocycles. The van der Waals surface area contributed by atoms with Gasteiger partial charge in [0.1, 0.15) is 5.94 Å². The van der Waals surface area contributed by atoms with E-state index in [9.17, 15) is 20.1 Å². The third-order valence-corrected chi connectivity index (χ3v) is 6.48. The second-order valence-electron chi connectivity index (χ2n) is 10.8. The topological polar surface area (TPSA) is 99.1 Å². The van der Waals surface area contributed by atoms with Crippen LogP contribution in [-0.2, 0) is 19.7 Å². The predicted molar refractivity (Wildman–Crippen MR) is 116 cm³/mol. The van der Waals surface area contributed by atoms with E-state index in [1.54, 1.807) is 7.05 Å². The maximum atomic E-state index is 13.7. The van der Waals surface area contributed by atoms with Gasteiger partial charge in [0.05, 0.1) is 28.8 Å². The van der Waals surface area contributed by atoms with E-state index >= 15 is 0 Å². The van der Waals surface area contributed by atoms with Crippen molar-refractivity contribution in [3.05, 3.63) is 28.7 Å². The summed E-state index contributed by atoms with van der Waals surface area (Å²) in [5.41, 5.74) is 0.0744. The molecule has 0 heterocycles. The van der Waals surface area contributed by atoms with Crippen molar-refractivity contribution in [2.75, 3.05) is 7.05 Å². The van der Waals surface area contributed by atoms with Crippen LogP contribution in [0.1, 0.15) is 67.2 Å². The SMILES string of the molecule is CNC1=C(C(=O)C(C(C)(C)C)C(C)(C)C)[C]=C(O[O])C(C2CCC(C#N)CC2)C1=C=O. The average molecular weight is 427 g/mol. The minimum absolute atomic E-state index is 0.0103. The normalized spacial score (nSPS) is 25.0. The van der Waals surface area contributed by atoms with Gasteiger partial charge < -0.3 is 10.2 Å². The van der Waals surface area contributed by atoms with E-state index in [1.807, 2.05) is 47.5 Å². The molecule has 0 aliphatic heterocycles. The van der Waals surface area contributed by atoms with Crippen molar-refractivity contribution < 1.29 is 19.7 Å². The van der Waals surface area contributed by atoms with Crippen LogP contribution in [0.5, 0.6) is 0 Å². The Bertz CT molecular complexity index is 835. The highest BCUT2D eigenvalue weighted by Gasteiger charge is 2.45. The van der Waals surface area contributed by atoms with Crippen molar-refractivity contribution >= 4 is 11.7 Å². The van der Waals surface area contributed by atoms with Crippen LogP contribution in [-0.4, -0.2) is 18.8 Å². The quantitative estimate of drug-likeness (QED) is 0.396. The largest absolute Gasteiger partial charge is 0.387 e. The molecular weight excluding hydrogens is 392 g/mol. The molecule has 31 heavy (non-hydrogen) atoms. The molecule has 2 aliphatic rings. The molecule has 0 aromatic rings. The molecule has 1 unspecified atom stereocenters. The van der Waals surface area contributed by atoms with Gasteiger partial charge in [0, 0.05) is 30.2 Å². The smallest absolute Gasteiger partial charge is 0.169 e. The van der Waals surface area contributed by atoms with Crippen LogP contribution >= 0.6 is 0 Å². The van der Waals surface area contributed by atoms with Crippen LogP contribution in [0, 0.1) is 51.9 Å². The van der Waals surface area contributed by atoms with E-state index in [-0.39, 0.29) is 51.3 Å². The van der Waals surface area contributed by atoms with Gasteiger partial charge in [-0.2, -0.15) is 5.26 Å². The van der Waals surface area contributed by atoms with Gasteiger partial charge >= 0.3 is 0 Å². The highest BCUT2D eigenvalue weighted by atomic mass is 17.1. The summed E-state index contributed by atoms with van der Waals surface area (Å²) in [5.74, 6) is 0.723. The minimum Gasteiger partial charge on any atom is -0.387 e. The fraction of sp³-hybridized carbons (Fsp3) is 0.680. The summed E-state index contributed by atoms with van der Waals surface area (Å²) in [6.07, 6.45) is 5.74. The molecule has 2 rings (SSSR count). The van der Waals surface area contributed by atoms with Crippen LogP contribution in [0.2, 0.25) is 0 Å². The standard InChI is InChI=1S/C25H34N2O4/c1-24(2,3)23(25(4,5)6)22(29)17-12-19(31-30)20(18(14-28)21(17)27-7)16-10-8-15(13-26)9-11-16/h15-16,20,23,27H,8-11H2,1-7H3. The molecule has 168 valence electrons. The lowest BCUT2D eigenvalue weighted by Crippen LogP contribution is -2.41. The van der Waals surface area contributed by atoms with E-state index in [1.165, 1.54) is 0 Å². The van der Waals surface area contributed by atoms with Crippen molar-refractivity contribution in [2.45, 2.75) is 67.2 Å². The van der Waals surface area contributed by atoms with Crippen LogP contribution in [0.4, 0.5) is 0 Å². The summed E-state index contributed by atoms with van der Waals surface area (Å²) in [4.78, 5) is 30.3. The summed E-state index contributed by atoms with van der Waals surface area (Å²) in [6, 6.07) is 2.29. The monoisotopic (exact) mass is 426 g/mol. The summed E-state index contributed by atoms with van der Waals surface area (Å²) in [6.45, 7) is 12.0. The van der Waals surface area contributed by atoms with Crippen molar-refractivity contribution in [1.82, 2.24) is 5.32 Å². The Balaban J connectivity index is 2.56. The third kappa shape index (κ3) is 5.11. The Morgan fingerprint density at radius 3 is 2.06 bits per heavy atom. The molecule has 0 amide bonds. The fourth-order valence-corrected chi connectivity index (χ4v) is 5.58. The van der Waals surface area contributed by atoms with E-state index in [0.29, 0.717) is 31.4 Å². The Morgan fingerprint density at radius 1 is 1.13 bits per heavy atom. The highest BCUT2D eigenvalue weighted by Crippen LogP contribution is 2.47. The number of nitriles is 1. The van der Waals surface area contributed by atoms with Gasteiger partial charge in [-0.3, -0.25) is 4.79 Å². The number of rotatable bonds is 5. The van der Waals surface area contributed by atoms with Gasteiger partial charge in [-0.25, -0.2) is 4.79 Å². The number of carbonyl (C=O) groups is 1. The predicted octanol–water partition coefficient (Wildman–Crippen LogP) is 4.50. The van der Waals surface area contributed by atoms with Gasteiger partial charge in [0.2, 0.25) is 0 Å². The Kier molecular flexibility index (Phi) is 7.57. The molecule has 1 atom stereocenters. The van der Waals surface area contributed by atoms with Gasteiger partial charge in [-0.15, -0.1) is 0 Å². The number of hydrogen-bond acceptors (Lipinski definition) is 5. The molecule has 6 nitrogen and oxygen atoms in total. The maximum absolute atomic E-state index is 13.7. The molecule has 1 saturated carbocycles. The third-order valence-electron chi connectivity index (χ3n) is 6.48. The van der Waals surface area contributed by atoms with E-state index in [2.05, 4.69) is 22.3 Å². The molecular formula is C25H34N2O4. The summed E-state index contributed by atoms with van der Waals surface area (Å²) < 4.78 is 0. The molecule has 6 heteroatoms. The first-order valence-electron chi connectivity index (χ1n) is 11.0. The number of hydrogen-bond donors (Lipinski definition) is 1. The molecule has 0 saturated heterocycles. The Labute approximate surface area is 186 Å². The van der Waals surface area contributed by atoms with Gasteiger partial charge in [-0.1, -0.05) is 41.5 Å². The van der Waals surface area contributed by atoms with Crippen LogP contribution in [0.25, 0.3) is 0 Å². The first kappa shape index (κ1) is 24.9. The van der Waals surface area contributed by atoms with Crippen molar-refractivity contribution in [2.24, 2.45) is 34.5 Å². The Morgan fingerprint density at radius 2 is 1.68 bits per heavy atom. The van der Waals surface area contributed by atoms with E-state index in [4.69, 9.17) is 0 Å². The zero-order valence-corrected chi connectivity index (χ0v) is 19.7. The molecule has 2 aliphatic carbocycles. The maximum Gasteiger partial charge on any atom is 0.169 e. The van der Waals surface area contributed by atoms with Crippen LogP contribution < -0.4 is 5.32 Å². The van der Waals surface area contributed by atoms with Crippen molar-refractivity contribution in [1.29, 1.82) is 5.26 Å². The second kappa shape index (κ2) is 9.42. The lowest BCUT2D eigenvalue weighted by atomic mass is 9.62. The first-order valence-corrected chi connectivity index (χ1v) is 11.0. The average Bonchev–Trinajstić information content (AvgIpc) is 2.69. The van der Waals surface area contributed by atoms with E-state index in [0.717, 1.165) is 0 Å². The number of likely N-dealkylation sites (N-methyl/N-ethyl adjacent to an activating group) is 1. The van der Waals surface area contributed by atoms with Gasteiger partial charge in [0.25, 0.3) is 0 Å². The lowest BCUT2D eigenvalue weighted by molar-refractivity contribution is -0.276. The summed E-state index contributed by atoms with van der Waals surface area (Å²) >= 11 is 0. The molecule has 0 bridgehead atoms. The zero-order valence-electron chi connectivity index (χ0n) is 19.7. The molecule has 1 N–H and O–H groups in total. The highest BCUT2D eigenvalue weighted by molar-refractivity contribution is 6.02. The fourth-order valence-electron chi connectivity index (χ4n) is 5.58. The van der Waals surface area contributed by atoms with Crippen LogP contribution in [0.3, 0.4) is 0 Å². The number of nitrogens with one attached hydrogen (secondary N) is 1. The molecule has 0 aromatic heterocycles. The number of Topliss-reactive ketones (excluding diaryl/α,β-unsaturated/α-hetero) is 1. The zero-order chi connectivity index (χ0) is 23.6. The van der Waals surface area contributed by atoms with Crippen LogP contribution in [0.15, 0.2) is 22.6 Å². The molecule has 1 fully saturated rings. The van der Waals surface area contributed by atoms with Crippen molar-refractivity contribution in [3.63, 3.8) is 0 Å². The first-order chi connectivity index (χ1) is 14.4. The molecule has 2 radical (unpaired) electrons. The number of nitrogens with zero attached hydrogens (tertiary/aromatic N) is 1. The number of ketones is 1. The number of allylic oxidation sites excluding steroid dienone is 4. The van der Waals surface area contributed by atoms with Gasteiger partial charge in [0.15, 0.2) is 11.5 Å². The Hall–Kier alpha value is -2.35. The minimum atomic E-state index is -0.614. The lowest BCUT2D eigenvalue weighted by Gasteiger charge is -2.41. The molecule has 0 spiro atoms. The second-order valence-corrected chi connectivity index (χ2v) is 10.8. The number of carbonyl (C=O) groups excluding carboxylic acids is 2. The summed E-state index contributed by atoms with van der Waals surface area (Å²) in [7, 11) is 1.65. The summed E-state index contributed by atoms with van der Waals surface area (Å²) in [5, 5.41) is 23.9.